The summed E-state index contributed by atoms with van der Waals surface area (Å²) in [5, 5.41) is 34.5. The molecular weight excluding hydrogens is 539 g/mol. The number of benzene rings is 1. The summed E-state index contributed by atoms with van der Waals surface area (Å²) in [7, 11) is 0. The van der Waals surface area contributed by atoms with Crippen LogP contribution < -0.4 is 15.8 Å². The molecule has 38 heavy (non-hydrogen) atoms. The van der Waals surface area contributed by atoms with E-state index in [-0.39, 0.29) is 18.0 Å². The third kappa shape index (κ3) is 10.7. The lowest BCUT2D eigenvalue weighted by Gasteiger charge is -2.16. The second kappa shape index (κ2) is 13.7. The molecule has 0 fully saturated rings. The number of amidine groups is 1. The number of rotatable bonds is 10. The number of hydrogen-bond donors (Lipinski definition) is 6. The maximum absolute atomic E-state index is 12.3. The van der Waals surface area contributed by atoms with Crippen molar-refractivity contribution in [2.75, 3.05) is 0 Å². The van der Waals surface area contributed by atoms with E-state index >= 15 is 0 Å². The van der Waals surface area contributed by atoms with Gasteiger partial charge in [-0.2, -0.15) is 13.2 Å². The molecule has 1 aromatic heterocycles. The highest BCUT2D eigenvalue weighted by atomic mass is 32.1. The SMILES string of the molecule is CC(Cc1ccc(C(=O)Oc2ccc(C(=N)N)cc2)s1)C(=O)N[C@@H](CC(=O)O)C(=O)O.O=C(O)C(F)(F)F. The summed E-state index contributed by atoms with van der Waals surface area (Å²) in [6.07, 6.45) is -5.58. The molecule has 0 aliphatic heterocycles. The quantitative estimate of drug-likeness (QED) is 0.107. The Morgan fingerprint density at radius 1 is 1.05 bits per heavy atom. The molecule has 0 saturated heterocycles. The van der Waals surface area contributed by atoms with Crippen LogP contribution in [0.4, 0.5) is 13.2 Å². The van der Waals surface area contributed by atoms with Crippen LogP contribution in [0.1, 0.15) is 33.5 Å². The van der Waals surface area contributed by atoms with Crippen LogP contribution in [-0.2, 0) is 25.6 Å². The van der Waals surface area contributed by atoms with E-state index in [1.54, 1.807) is 31.2 Å². The Bertz CT molecular complexity index is 1200. The first kappa shape index (κ1) is 31.6. The smallest absolute Gasteiger partial charge is 0.481 e. The lowest BCUT2D eigenvalue weighted by atomic mass is 10.0. The molecule has 0 spiro atoms. The van der Waals surface area contributed by atoms with Crippen LogP contribution in [0.3, 0.4) is 0 Å². The Hall–Kier alpha value is -4.47. The van der Waals surface area contributed by atoms with Crippen molar-refractivity contribution < 1.29 is 57.2 Å². The van der Waals surface area contributed by atoms with Gasteiger partial charge in [-0.25, -0.2) is 14.4 Å². The van der Waals surface area contributed by atoms with E-state index in [4.69, 9.17) is 36.0 Å². The monoisotopic (exact) mass is 561 g/mol. The second-order valence-electron chi connectivity index (χ2n) is 7.50. The van der Waals surface area contributed by atoms with Crippen molar-refractivity contribution in [3.05, 3.63) is 51.7 Å². The zero-order valence-corrected chi connectivity index (χ0v) is 20.3. The second-order valence-corrected chi connectivity index (χ2v) is 8.67. The maximum atomic E-state index is 12.3. The van der Waals surface area contributed by atoms with Gasteiger partial charge in [-0.3, -0.25) is 15.0 Å². The van der Waals surface area contributed by atoms with Crippen LogP contribution in [0.25, 0.3) is 0 Å². The number of carboxylic acid groups (broad SMARTS) is 3. The number of nitrogens with two attached hydrogens (primary N) is 1. The predicted molar refractivity (Wildman–Crippen MR) is 125 cm³/mol. The van der Waals surface area contributed by atoms with Gasteiger partial charge in [0.1, 0.15) is 22.5 Å². The molecule has 0 saturated carbocycles. The molecule has 2 rings (SSSR count). The fraction of sp³-hybridized carbons (Fsp3) is 0.273. The number of carbonyl (C=O) groups is 5. The number of nitrogen functional groups attached to an aromatic ring is 1. The highest BCUT2D eigenvalue weighted by Gasteiger charge is 2.38. The minimum atomic E-state index is -5.08. The molecule has 2 atom stereocenters. The Morgan fingerprint density at radius 2 is 1.61 bits per heavy atom. The molecule has 206 valence electrons. The fourth-order valence-corrected chi connectivity index (χ4v) is 3.55. The van der Waals surface area contributed by atoms with E-state index in [9.17, 15) is 32.3 Å². The summed E-state index contributed by atoms with van der Waals surface area (Å²) >= 11 is 1.13. The summed E-state index contributed by atoms with van der Waals surface area (Å²) < 4.78 is 37.0. The van der Waals surface area contributed by atoms with Gasteiger partial charge in [0.2, 0.25) is 5.91 Å². The van der Waals surface area contributed by atoms with E-state index in [1.165, 1.54) is 12.1 Å². The number of aliphatic carboxylic acids is 3. The first-order chi connectivity index (χ1) is 17.5. The fourth-order valence-electron chi connectivity index (χ4n) is 2.54. The number of hydrogen-bond acceptors (Lipinski definition) is 8. The first-order valence-corrected chi connectivity index (χ1v) is 11.1. The molecule has 0 aliphatic carbocycles. The normalized spacial score (nSPS) is 12.2. The van der Waals surface area contributed by atoms with Crippen molar-refractivity contribution in [1.82, 2.24) is 5.32 Å². The van der Waals surface area contributed by atoms with Crippen LogP contribution in [0.5, 0.6) is 5.75 Å². The molecule has 1 aromatic carbocycles. The molecule has 7 N–H and O–H groups in total. The Labute approximate surface area is 216 Å². The largest absolute Gasteiger partial charge is 0.490 e. The maximum Gasteiger partial charge on any atom is 0.490 e. The molecule has 0 aliphatic rings. The van der Waals surface area contributed by atoms with Crippen LogP contribution in [0.2, 0.25) is 0 Å². The van der Waals surface area contributed by atoms with Crippen molar-refractivity contribution in [3.8, 4) is 5.75 Å². The molecule has 16 heteroatoms. The first-order valence-electron chi connectivity index (χ1n) is 10.3. The van der Waals surface area contributed by atoms with Crippen molar-refractivity contribution in [3.63, 3.8) is 0 Å². The highest BCUT2D eigenvalue weighted by molar-refractivity contribution is 7.13. The number of amides is 1. The number of nitrogens with one attached hydrogen (secondary N) is 2. The Kier molecular flexibility index (Phi) is 11.4. The van der Waals surface area contributed by atoms with E-state index in [0.29, 0.717) is 15.3 Å². The van der Waals surface area contributed by atoms with Crippen molar-refractivity contribution in [2.45, 2.75) is 32.0 Å². The molecular formula is C22H22F3N3O9S. The van der Waals surface area contributed by atoms with Gasteiger partial charge in [0.05, 0.1) is 6.42 Å². The zero-order valence-electron chi connectivity index (χ0n) is 19.4. The van der Waals surface area contributed by atoms with Gasteiger partial charge in [0, 0.05) is 16.4 Å². The van der Waals surface area contributed by atoms with Gasteiger partial charge >= 0.3 is 30.1 Å². The average Bonchev–Trinajstić information content (AvgIpc) is 3.27. The third-order valence-corrected chi connectivity index (χ3v) is 5.52. The molecule has 0 bridgehead atoms. The number of carboxylic acids is 3. The van der Waals surface area contributed by atoms with Crippen LogP contribution in [0.15, 0.2) is 36.4 Å². The van der Waals surface area contributed by atoms with E-state index in [1.807, 2.05) is 0 Å². The minimum absolute atomic E-state index is 0.100. The lowest BCUT2D eigenvalue weighted by molar-refractivity contribution is -0.192. The number of carbonyl (C=O) groups excluding carboxylic acids is 2. The van der Waals surface area contributed by atoms with Crippen molar-refractivity contribution >= 4 is 47.0 Å². The molecule has 0 radical (unpaired) electrons. The van der Waals surface area contributed by atoms with E-state index in [0.717, 1.165) is 11.3 Å². The van der Waals surface area contributed by atoms with Gasteiger partial charge in [-0.1, -0.05) is 6.92 Å². The van der Waals surface area contributed by atoms with Crippen LogP contribution in [0, 0.1) is 11.3 Å². The van der Waals surface area contributed by atoms with Crippen molar-refractivity contribution in [2.24, 2.45) is 11.7 Å². The van der Waals surface area contributed by atoms with E-state index in [2.05, 4.69) is 5.32 Å². The number of thiophene rings is 1. The molecule has 12 nitrogen and oxygen atoms in total. The summed E-state index contributed by atoms with van der Waals surface area (Å²) in [6.45, 7) is 1.57. The summed E-state index contributed by atoms with van der Waals surface area (Å²) in [6, 6.07) is 7.85. The molecule has 1 amide bonds. The summed E-state index contributed by atoms with van der Waals surface area (Å²) in [4.78, 5) is 56.3. The topological polar surface area (TPSA) is 217 Å². The Balaban J connectivity index is 0.000000905. The van der Waals surface area contributed by atoms with Crippen LogP contribution in [-0.4, -0.2) is 63.2 Å². The average molecular weight is 561 g/mol. The Morgan fingerprint density at radius 3 is 2.05 bits per heavy atom. The molecule has 1 unspecified atom stereocenters. The lowest BCUT2D eigenvalue weighted by Crippen LogP contribution is -2.44. The number of esters is 1. The van der Waals surface area contributed by atoms with E-state index < -0.39 is 54.3 Å². The number of halogens is 3. The third-order valence-electron chi connectivity index (χ3n) is 4.43. The standard InChI is InChI=1S/C20H21N3O7S.C2HF3O2/c1-10(18(26)23-14(19(27)28)9-16(24)25)8-13-6-7-15(31-13)20(29)30-12-4-2-11(3-5-12)17(21)22;3-2(4,5)1(6)7/h2-7,10,14H,8-9H2,1H3,(H3,21,22)(H,23,26)(H,24,25)(H,27,28);(H,6,7)/t10?,14-;/m0./s1. The van der Waals surface area contributed by atoms with Gasteiger partial charge in [0.25, 0.3) is 0 Å². The van der Waals surface area contributed by atoms with Gasteiger partial charge < -0.3 is 31.1 Å². The minimum Gasteiger partial charge on any atom is -0.481 e. The van der Waals surface area contributed by atoms with Gasteiger partial charge in [-0.05, 0) is 42.8 Å². The highest BCUT2D eigenvalue weighted by Crippen LogP contribution is 2.22. The summed E-state index contributed by atoms with van der Waals surface area (Å²) in [5.74, 6) is -7.16. The zero-order chi connectivity index (χ0) is 29.2. The summed E-state index contributed by atoms with van der Waals surface area (Å²) in [5.41, 5.74) is 5.87. The molecule has 1 heterocycles. The number of ether oxygens (including phenoxy) is 1. The van der Waals surface area contributed by atoms with Crippen LogP contribution >= 0.6 is 11.3 Å². The number of alkyl halides is 3. The predicted octanol–water partition coefficient (Wildman–Crippen LogP) is 2.11. The van der Waals surface area contributed by atoms with Crippen molar-refractivity contribution in [1.29, 1.82) is 5.41 Å². The van der Waals surface area contributed by atoms with Gasteiger partial charge in [0.15, 0.2) is 0 Å². The molecule has 2 aromatic rings. The van der Waals surface area contributed by atoms with Gasteiger partial charge in [-0.15, -0.1) is 11.3 Å².